The molecule has 3 N–H and O–H groups in total. The van der Waals surface area contributed by atoms with Gasteiger partial charge in [-0.15, -0.1) is 11.8 Å². The Kier molecular flexibility index (Phi) is 5.06. The quantitative estimate of drug-likeness (QED) is 0.411. The number of aromatic nitrogens is 3. The van der Waals surface area contributed by atoms with E-state index in [1.54, 1.807) is 12.5 Å². The fourth-order valence-electron chi connectivity index (χ4n) is 1.84. The molecular formula is C13H12N3O5S2+. The van der Waals surface area contributed by atoms with Gasteiger partial charge >= 0.3 is 22.7 Å². The number of carboxylic acids is 2. The molecule has 0 saturated heterocycles. The molecule has 8 nitrogen and oxygen atoms in total. The predicted molar refractivity (Wildman–Crippen MR) is 83.9 cm³/mol. The van der Waals surface area contributed by atoms with Crippen LogP contribution in [0.1, 0.15) is 20.7 Å². The summed E-state index contributed by atoms with van der Waals surface area (Å²) in [5.41, 5.74) is -0.845. The molecule has 0 aliphatic rings. The molecule has 2 aromatic heterocycles. The van der Waals surface area contributed by atoms with Gasteiger partial charge in [-0.2, -0.15) is 9.55 Å². The van der Waals surface area contributed by atoms with E-state index >= 15 is 0 Å². The first-order valence-electron chi connectivity index (χ1n) is 6.13. The van der Waals surface area contributed by atoms with Crippen LogP contribution in [0.2, 0.25) is 0 Å². The van der Waals surface area contributed by atoms with Crippen LogP contribution >= 0.6 is 23.5 Å². The minimum Gasteiger partial charge on any atom is -0.478 e. The maximum atomic E-state index is 11.8. The fraction of sp³-hybridized carbons (Fsp3) is 0.154. The van der Waals surface area contributed by atoms with Gasteiger partial charge in [0.05, 0.1) is 5.56 Å². The van der Waals surface area contributed by atoms with E-state index in [1.807, 2.05) is 0 Å². The number of nitrogens with zero attached hydrogens (tertiary/aromatic N) is 2. The molecule has 23 heavy (non-hydrogen) atoms. The third-order valence-electron chi connectivity index (χ3n) is 2.90. The molecule has 2 heterocycles. The zero-order valence-electron chi connectivity index (χ0n) is 12.1. The lowest BCUT2D eigenvalue weighted by Crippen LogP contribution is -2.40. The molecule has 0 aromatic carbocycles. The fourth-order valence-corrected chi connectivity index (χ4v) is 2.91. The van der Waals surface area contributed by atoms with Crippen molar-refractivity contribution < 1.29 is 24.4 Å². The van der Waals surface area contributed by atoms with E-state index in [1.165, 1.54) is 40.4 Å². The molecule has 10 heteroatoms. The maximum Gasteiger partial charge on any atom is 0.350 e. The van der Waals surface area contributed by atoms with Crippen molar-refractivity contribution >= 4 is 35.5 Å². The van der Waals surface area contributed by atoms with Gasteiger partial charge in [-0.05, 0) is 24.3 Å². The van der Waals surface area contributed by atoms with Crippen molar-refractivity contribution in [3.63, 3.8) is 0 Å². The van der Waals surface area contributed by atoms with Crippen LogP contribution in [0, 0.1) is 0 Å². The Labute approximate surface area is 138 Å². The highest BCUT2D eigenvalue weighted by Crippen LogP contribution is 2.20. The van der Waals surface area contributed by atoms with Gasteiger partial charge in [0.2, 0.25) is 0 Å². The Morgan fingerprint density at radius 3 is 2.43 bits per heavy atom. The molecule has 0 bridgehead atoms. The number of hydrogen-bond acceptors (Lipinski definition) is 6. The molecule has 0 spiro atoms. The molecule has 0 aliphatic heterocycles. The number of pyridine rings is 1. The van der Waals surface area contributed by atoms with Gasteiger partial charge < -0.3 is 10.2 Å². The topological polar surface area (TPSA) is 124 Å². The smallest absolute Gasteiger partial charge is 0.350 e. The van der Waals surface area contributed by atoms with Crippen molar-refractivity contribution in [1.29, 1.82) is 0 Å². The van der Waals surface area contributed by atoms with Crippen molar-refractivity contribution in [3.8, 4) is 5.69 Å². The van der Waals surface area contributed by atoms with E-state index in [9.17, 15) is 14.4 Å². The van der Waals surface area contributed by atoms with E-state index < -0.39 is 23.1 Å². The molecule has 0 radical (unpaired) electrons. The molecule has 0 aliphatic carbocycles. The highest BCUT2D eigenvalue weighted by atomic mass is 32.2. The standard InChI is InChI=1S/C13H11N3O5S2/c1-22-10-8(3-6(4-14-10)11(18)19)16-5-7(12(20)21)9(17)15-13(16)23-2/h3-5H,1-2H3,(H2,18,19,20,21)/p+1. The number of thioether (sulfide) groups is 2. The van der Waals surface area contributed by atoms with Gasteiger partial charge in [-0.1, -0.05) is 0 Å². The summed E-state index contributed by atoms with van der Waals surface area (Å²) < 4.78 is 1.42. The summed E-state index contributed by atoms with van der Waals surface area (Å²) in [6.45, 7) is 0. The first kappa shape index (κ1) is 17.0. The van der Waals surface area contributed by atoms with Crippen LogP contribution in [-0.4, -0.2) is 44.6 Å². The van der Waals surface area contributed by atoms with Gasteiger partial charge in [0.25, 0.3) is 0 Å². The number of nitrogens with one attached hydrogen (secondary N) is 1. The second-order valence-electron chi connectivity index (χ2n) is 4.24. The first-order valence-corrected chi connectivity index (χ1v) is 8.58. The van der Waals surface area contributed by atoms with Crippen LogP contribution in [0.5, 0.6) is 0 Å². The SMILES string of the molecule is CSc1ncc(C(=O)O)cc1-[n+]1cc(C(=O)O)c(=O)[nH]c1SC. The Bertz CT molecular complexity index is 850. The normalized spacial score (nSPS) is 10.5. The summed E-state index contributed by atoms with van der Waals surface area (Å²) in [4.78, 5) is 40.7. The number of carboxylic acid groups (broad SMARTS) is 2. The minimum atomic E-state index is -1.37. The van der Waals surface area contributed by atoms with E-state index in [0.717, 1.165) is 6.20 Å². The third-order valence-corrected chi connectivity index (χ3v) is 4.28. The first-order chi connectivity index (χ1) is 10.9. The second-order valence-corrected chi connectivity index (χ2v) is 5.83. The average molecular weight is 354 g/mol. The van der Waals surface area contributed by atoms with Crippen LogP contribution in [0.25, 0.3) is 5.69 Å². The van der Waals surface area contributed by atoms with Crippen molar-refractivity contribution in [1.82, 2.24) is 9.97 Å². The molecule has 0 unspecified atom stereocenters. The number of hydrogen-bond donors (Lipinski definition) is 3. The van der Waals surface area contributed by atoms with E-state index in [2.05, 4.69) is 9.97 Å². The summed E-state index contributed by atoms with van der Waals surface area (Å²) in [5, 5.41) is 19.1. The summed E-state index contributed by atoms with van der Waals surface area (Å²) in [7, 11) is 0. The van der Waals surface area contributed by atoms with Crippen molar-refractivity contribution in [2.24, 2.45) is 0 Å². The molecule has 0 fully saturated rings. The van der Waals surface area contributed by atoms with Crippen LogP contribution in [0.3, 0.4) is 0 Å². The van der Waals surface area contributed by atoms with Crippen molar-refractivity contribution in [3.05, 3.63) is 39.9 Å². The Hall–Kier alpha value is -2.33. The predicted octanol–water partition coefficient (Wildman–Crippen LogP) is 0.887. The Balaban J connectivity index is 2.81. The summed E-state index contributed by atoms with van der Waals surface area (Å²) >= 11 is 2.46. The summed E-state index contributed by atoms with van der Waals surface area (Å²) in [6.07, 6.45) is 5.85. The number of H-pyrrole nitrogens is 1. The van der Waals surface area contributed by atoms with Crippen LogP contribution < -0.4 is 10.1 Å². The lowest BCUT2D eigenvalue weighted by Gasteiger charge is -2.08. The third kappa shape index (κ3) is 3.37. The molecule has 0 amide bonds. The average Bonchev–Trinajstić information content (AvgIpc) is 2.53. The molecule has 2 aromatic rings. The lowest BCUT2D eigenvalue weighted by atomic mass is 10.2. The zero-order chi connectivity index (χ0) is 17.1. The molecule has 2 rings (SSSR count). The number of aromatic carboxylic acids is 2. The highest BCUT2D eigenvalue weighted by Gasteiger charge is 2.23. The van der Waals surface area contributed by atoms with Crippen LogP contribution in [0.4, 0.5) is 0 Å². The van der Waals surface area contributed by atoms with Crippen LogP contribution in [0.15, 0.2) is 33.4 Å². The van der Waals surface area contributed by atoms with Crippen molar-refractivity contribution in [2.45, 2.75) is 10.2 Å². The van der Waals surface area contributed by atoms with E-state index in [-0.39, 0.29) is 5.56 Å². The zero-order valence-corrected chi connectivity index (χ0v) is 13.7. The van der Waals surface area contributed by atoms with Gasteiger partial charge in [0.1, 0.15) is 11.2 Å². The number of carbonyl (C=O) groups is 2. The second kappa shape index (κ2) is 6.84. The molecule has 0 atom stereocenters. The number of aromatic amines is 1. The lowest BCUT2D eigenvalue weighted by molar-refractivity contribution is -0.644. The Morgan fingerprint density at radius 2 is 1.91 bits per heavy atom. The summed E-state index contributed by atoms with van der Waals surface area (Å²) in [5.74, 6) is -2.53. The summed E-state index contributed by atoms with van der Waals surface area (Å²) in [6, 6.07) is 1.38. The van der Waals surface area contributed by atoms with Gasteiger partial charge in [0, 0.05) is 12.3 Å². The Morgan fingerprint density at radius 1 is 1.22 bits per heavy atom. The number of rotatable bonds is 5. The van der Waals surface area contributed by atoms with E-state index in [0.29, 0.717) is 15.9 Å². The molecule has 120 valence electrons. The minimum absolute atomic E-state index is 0.0413. The van der Waals surface area contributed by atoms with Crippen LogP contribution in [-0.2, 0) is 0 Å². The highest BCUT2D eigenvalue weighted by molar-refractivity contribution is 7.98. The van der Waals surface area contributed by atoms with Gasteiger partial charge in [-0.3, -0.25) is 0 Å². The van der Waals surface area contributed by atoms with Gasteiger partial charge in [-0.25, -0.2) is 19.4 Å². The largest absolute Gasteiger partial charge is 0.478 e. The molecule has 0 saturated carbocycles. The van der Waals surface area contributed by atoms with Gasteiger partial charge in [0.15, 0.2) is 11.3 Å². The van der Waals surface area contributed by atoms with E-state index in [4.69, 9.17) is 10.2 Å². The maximum absolute atomic E-state index is 11.8. The van der Waals surface area contributed by atoms with Crippen molar-refractivity contribution in [2.75, 3.05) is 12.5 Å². The molecular weight excluding hydrogens is 342 g/mol. The monoisotopic (exact) mass is 354 g/mol.